The van der Waals surface area contributed by atoms with Crippen molar-refractivity contribution in [2.24, 2.45) is 5.92 Å². The van der Waals surface area contributed by atoms with Crippen LogP contribution in [0.15, 0.2) is 54.6 Å². The third-order valence-electron chi connectivity index (χ3n) is 5.20. The van der Waals surface area contributed by atoms with E-state index in [9.17, 15) is 14.0 Å². The second kappa shape index (κ2) is 6.90. The fourth-order valence-corrected chi connectivity index (χ4v) is 3.77. The Labute approximate surface area is 152 Å². The minimum atomic E-state index is -0.707. The SMILES string of the molecule is O=C1NCCN(C(=O)C(c2ccccc2)C2CC2)C1c1ccc(F)cc1. The highest BCUT2D eigenvalue weighted by atomic mass is 19.1. The van der Waals surface area contributed by atoms with Crippen LogP contribution < -0.4 is 5.32 Å². The van der Waals surface area contributed by atoms with Crippen molar-refractivity contribution < 1.29 is 14.0 Å². The number of carbonyl (C=O) groups is 2. The number of hydrogen-bond donors (Lipinski definition) is 1. The average molecular weight is 352 g/mol. The molecular weight excluding hydrogens is 331 g/mol. The summed E-state index contributed by atoms with van der Waals surface area (Å²) in [4.78, 5) is 27.7. The molecule has 0 spiro atoms. The zero-order chi connectivity index (χ0) is 18.1. The summed E-state index contributed by atoms with van der Waals surface area (Å²) in [6, 6.07) is 14.9. The normalized spacial score (nSPS) is 21.2. The van der Waals surface area contributed by atoms with Crippen LogP contribution in [-0.4, -0.2) is 29.8 Å². The molecule has 134 valence electrons. The van der Waals surface area contributed by atoms with E-state index in [4.69, 9.17) is 0 Å². The molecule has 2 aliphatic rings. The lowest BCUT2D eigenvalue weighted by molar-refractivity contribution is -0.145. The van der Waals surface area contributed by atoms with Crippen molar-refractivity contribution >= 4 is 11.8 Å². The molecule has 4 nitrogen and oxygen atoms in total. The van der Waals surface area contributed by atoms with Crippen molar-refractivity contribution in [3.63, 3.8) is 0 Å². The summed E-state index contributed by atoms with van der Waals surface area (Å²) in [6.07, 6.45) is 2.07. The Morgan fingerprint density at radius 1 is 1.08 bits per heavy atom. The molecule has 1 saturated heterocycles. The number of halogens is 1. The molecule has 2 atom stereocenters. The molecule has 26 heavy (non-hydrogen) atoms. The van der Waals surface area contributed by atoms with E-state index in [0.717, 1.165) is 18.4 Å². The molecule has 0 aromatic heterocycles. The fraction of sp³-hybridized carbons (Fsp3) is 0.333. The number of benzene rings is 2. The lowest BCUT2D eigenvalue weighted by Crippen LogP contribution is -2.53. The van der Waals surface area contributed by atoms with Gasteiger partial charge in [-0.1, -0.05) is 42.5 Å². The topological polar surface area (TPSA) is 49.4 Å². The molecule has 1 aliphatic heterocycles. The van der Waals surface area contributed by atoms with E-state index >= 15 is 0 Å². The van der Waals surface area contributed by atoms with Crippen molar-refractivity contribution in [3.05, 3.63) is 71.5 Å². The van der Waals surface area contributed by atoms with Gasteiger partial charge in [-0.25, -0.2) is 4.39 Å². The third-order valence-corrected chi connectivity index (χ3v) is 5.20. The molecule has 1 aliphatic carbocycles. The standard InChI is InChI=1S/C21H21FN2O2/c22-17-10-8-16(9-11-17)19-20(25)23-12-13-24(19)21(26)18(15-6-7-15)14-4-2-1-3-5-14/h1-5,8-11,15,18-19H,6-7,12-13H2,(H,23,25). The average Bonchev–Trinajstić information content (AvgIpc) is 3.48. The van der Waals surface area contributed by atoms with Gasteiger partial charge in [-0.3, -0.25) is 9.59 Å². The van der Waals surface area contributed by atoms with Gasteiger partial charge in [0.2, 0.25) is 11.8 Å². The summed E-state index contributed by atoms with van der Waals surface area (Å²) in [7, 11) is 0. The minimum Gasteiger partial charge on any atom is -0.352 e. The van der Waals surface area contributed by atoms with Gasteiger partial charge in [0, 0.05) is 13.1 Å². The van der Waals surface area contributed by atoms with Gasteiger partial charge in [-0.15, -0.1) is 0 Å². The molecule has 1 saturated carbocycles. The van der Waals surface area contributed by atoms with Gasteiger partial charge >= 0.3 is 0 Å². The van der Waals surface area contributed by atoms with E-state index in [0.29, 0.717) is 24.6 Å². The minimum absolute atomic E-state index is 0.0112. The molecule has 2 unspecified atom stereocenters. The monoisotopic (exact) mass is 352 g/mol. The maximum absolute atomic E-state index is 13.4. The maximum Gasteiger partial charge on any atom is 0.247 e. The first-order valence-corrected chi connectivity index (χ1v) is 9.04. The molecule has 0 bridgehead atoms. The van der Waals surface area contributed by atoms with Crippen LogP contribution in [0.5, 0.6) is 0 Å². The molecule has 4 rings (SSSR count). The Balaban J connectivity index is 1.67. The summed E-state index contributed by atoms with van der Waals surface area (Å²) in [6.45, 7) is 0.900. The molecule has 2 aromatic rings. The summed E-state index contributed by atoms with van der Waals surface area (Å²) >= 11 is 0. The highest BCUT2D eigenvalue weighted by Crippen LogP contribution is 2.44. The quantitative estimate of drug-likeness (QED) is 0.920. The number of carbonyl (C=O) groups excluding carboxylic acids is 2. The van der Waals surface area contributed by atoms with Crippen molar-refractivity contribution in [3.8, 4) is 0 Å². The molecule has 1 heterocycles. The van der Waals surface area contributed by atoms with Crippen LogP contribution in [0.1, 0.15) is 35.9 Å². The first kappa shape index (κ1) is 16.8. The van der Waals surface area contributed by atoms with E-state index in [1.54, 1.807) is 17.0 Å². The van der Waals surface area contributed by atoms with Crippen LogP contribution in [0.4, 0.5) is 4.39 Å². The van der Waals surface area contributed by atoms with Crippen LogP contribution >= 0.6 is 0 Å². The lowest BCUT2D eigenvalue weighted by atomic mass is 9.91. The number of nitrogens with one attached hydrogen (secondary N) is 1. The van der Waals surface area contributed by atoms with Crippen LogP contribution in [0, 0.1) is 11.7 Å². The molecular formula is C21H21FN2O2. The summed E-state index contributed by atoms with van der Waals surface area (Å²) in [5, 5.41) is 2.83. The van der Waals surface area contributed by atoms with Crippen LogP contribution in [0.25, 0.3) is 0 Å². The van der Waals surface area contributed by atoms with Gasteiger partial charge in [-0.05, 0) is 42.0 Å². The van der Waals surface area contributed by atoms with Crippen molar-refractivity contribution in [1.82, 2.24) is 10.2 Å². The third kappa shape index (κ3) is 3.21. The Bertz CT molecular complexity index is 803. The van der Waals surface area contributed by atoms with Gasteiger partial charge in [0.05, 0.1) is 5.92 Å². The van der Waals surface area contributed by atoms with Gasteiger partial charge < -0.3 is 10.2 Å². The Morgan fingerprint density at radius 3 is 2.42 bits per heavy atom. The smallest absolute Gasteiger partial charge is 0.247 e. The predicted molar refractivity (Wildman–Crippen MR) is 95.8 cm³/mol. The van der Waals surface area contributed by atoms with Crippen LogP contribution in [-0.2, 0) is 9.59 Å². The van der Waals surface area contributed by atoms with Crippen LogP contribution in [0.3, 0.4) is 0 Å². The zero-order valence-corrected chi connectivity index (χ0v) is 14.4. The van der Waals surface area contributed by atoms with Crippen molar-refractivity contribution in [2.45, 2.75) is 24.8 Å². The first-order valence-electron chi connectivity index (χ1n) is 9.04. The summed E-state index contributed by atoms with van der Waals surface area (Å²) < 4.78 is 13.3. The number of amides is 2. The first-order chi connectivity index (χ1) is 12.6. The largest absolute Gasteiger partial charge is 0.352 e. The van der Waals surface area contributed by atoms with Crippen molar-refractivity contribution in [2.75, 3.05) is 13.1 Å². The van der Waals surface area contributed by atoms with Gasteiger partial charge in [0.25, 0.3) is 0 Å². The number of rotatable bonds is 4. The molecule has 2 aromatic carbocycles. The van der Waals surface area contributed by atoms with E-state index in [2.05, 4.69) is 5.32 Å². The van der Waals surface area contributed by atoms with Crippen molar-refractivity contribution in [1.29, 1.82) is 0 Å². The Hall–Kier alpha value is -2.69. The maximum atomic E-state index is 13.4. The predicted octanol–water partition coefficient (Wildman–Crippen LogP) is 3.02. The highest BCUT2D eigenvalue weighted by Gasteiger charge is 2.43. The highest BCUT2D eigenvalue weighted by molar-refractivity contribution is 5.92. The molecule has 5 heteroatoms. The summed E-state index contributed by atoms with van der Waals surface area (Å²) in [5.41, 5.74) is 1.64. The molecule has 2 amide bonds. The van der Waals surface area contributed by atoms with Gasteiger partial charge in [0.1, 0.15) is 11.9 Å². The molecule has 1 N–H and O–H groups in total. The second-order valence-electron chi connectivity index (χ2n) is 7.00. The van der Waals surface area contributed by atoms with E-state index in [1.807, 2.05) is 30.3 Å². The van der Waals surface area contributed by atoms with E-state index in [-0.39, 0.29) is 23.5 Å². The Morgan fingerprint density at radius 2 is 1.77 bits per heavy atom. The lowest BCUT2D eigenvalue weighted by Gasteiger charge is -2.37. The fourth-order valence-electron chi connectivity index (χ4n) is 3.77. The number of piperazine rings is 1. The molecule has 2 fully saturated rings. The van der Waals surface area contributed by atoms with Gasteiger partial charge in [0.15, 0.2) is 0 Å². The number of hydrogen-bond acceptors (Lipinski definition) is 2. The van der Waals surface area contributed by atoms with E-state index < -0.39 is 6.04 Å². The summed E-state index contributed by atoms with van der Waals surface area (Å²) in [5.74, 6) is -0.460. The Kier molecular flexibility index (Phi) is 4.45. The van der Waals surface area contributed by atoms with Crippen LogP contribution in [0.2, 0.25) is 0 Å². The van der Waals surface area contributed by atoms with Gasteiger partial charge in [-0.2, -0.15) is 0 Å². The van der Waals surface area contributed by atoms with E-state index in [1.165, 1.54) is 12.1 Å². The zero-order valence-electron chi connectivity index (χ0n) is 14.4. The number of nitrogens with zero attached hydrogens (tertiary/aromatic N) is 1. The second-order valence-corrected chi connectivity index (χ2v) is 7.00. The molecule has 0 radical (unpaired) electrons.